The molecule has 102 valence electrons. The lowest BCUT2D eigenvalue weighted by molar-refractivity contribution is 0.243. The van der Waals surface area contributed by atoms with Crippen LogP contribution in [0.3, 0.4) is 0 Å². The molecule has 0 bridgehead atoms. The lowest BCUT2D eigenvalue weighted by atomic mass is 10.3. The van der Waals surface area contributed by atoms with Crippen molar-refractivity contribution in [2.45, 2.75) is 26.9 Å². The van der Waals surface area contributed by atoms with Crippen LogP contribution in [0.4, 0.5) is 0 Å². The fourth-order valence-electron chi connectivity index (χ4n) is 1.97. The summed E-state index contributed by atoms with van der Waals surface area (Å²) in [6.07, 6.45) is 1.78. The number of aromatic nitrogens is 1. The highest BCUT2D eigenvalue weighted by atomic mass is 16.5. The van der Waals surface area contributed by atoms with E-state index in [1.54, 1.807) is 13.3 Å². The van der Waals surface area contributed by atoms with E-state index in [-0.39, 0.29) is 0 Å². The quantitative estimate of drug-likeness (QED) is 0.800. The predicted molar refractivity (Wildman–Crippen MR) is 74.0 cm³/mol. The maximum Gasteiger partial charge on any atom is 0.122 e. The summed E-state index contributed by atoms with van der Waals surface area (Å²) in [5.74, 6) is 2.78. The summed E-state index contributed by atoms with van der Waals surface area (Å²) in [6.45, 7) is 6.62. The summed E-state index contributed by atoms with van der Waals surface area (Å²) in [5, 5.41) is 0. The molecule has 2 rings (SSSR count). The fraction of sp³-hybridized carbons (Fsp3) is 0.400. The molecule has 0 aliphatic carbocycles. The first-order chi connectivity index (χ1) is 9.21. The van der Waals surface area contributed by atoms with Gasteiger partial charge in [0.15, 0.2) is 0 Å². The molecule has 0 fully saturated rings. The molecule has 0 saturated carbocycles. The summed E-state index contributed by atoms with van der Waals surface area (Å²) in [7, 11) is 1.67. The van der Waals surface area contributed by atoms with E-state index in [4.69, 9.17) is 9.15 Å². The van der Waals surface area contributed by atoms with Crippen molar-refractivity contribution in [2.24, 2.45) is 0 Å². The van der Waals surface area contributed by atoms with E-state index in [2.05, 4.69) is 16.8 Å². The Balaban J connectivity index is 2.01. The van der Waals surface area contributed by atoms with Gasteiger partial charge in [-0.25, -0.2) is 0 Å². The molecule has 4 nitrogen and oxygen atoms in total. The minimum atomic E-state index is 0.785. The van der Waals surface area contributed by atoms with Crippen molar-refractivity contribution >= 4 is 0 Å². The first kappa shape index (κ1) is 13.6. The number of pyridine rings is 1. The molecule has 0 spiro atoms. The molecule has 2 aromatic heterocycles. The van der Waals surface area contributed by atoms with E-state index in [0.29, 0.717) is 0 Å². The first-order valence-electron chi connectivity index (χ1n) is 6.48. The topological polar surface area (TPSA) is 38.5 Å². The molecule has 4 heteroatoms. The monoisotopic (exact) mass is 260 g/mol. The van der Waals surface area contributed by atoms with Gasteiger partial charge in [0.25, 0.3) is 0 Å². The number of furan rings is 1. The van der Waals surface area contributed by atoms with Gasteiger partial charge in [-0.15, -0.1) is 0 Å². The van der Waals surface area contributed by atoms with Crippen molar-refractivity contribution in [3.63, 3.8) is 0 Å². The van der Waals surface area contributed by atoms with Crippen LogP contribution < -0.4 is 4.74 Å². The van der Waals surface area contributed by atoms with Crippen molar-refractivity contribution in [3.8, 4) is 5.75 Å². The van der Waals surface area contributed by atoms with Gasteiger partial charge in [0, 0.05) is 18.8 Å². The Morgan fingerprint density at radius 1 is 1.26 bits per heavy atom. The van der Waals surface area contributed by atoms with Gasteiger partial charge in [-0.2, -0.15) is 0 Å². The van der Waals surface area contributed by atoms with Gasteiger partial charge in [0.2, 0.25) is 0 Å². The Morgan fingerprint density at radius 2 is 2.11 bits per heavy atom. The molecule has 0 saturated heterocycles. The largest absolute Gasteiger partial charge is 0.497 e. The Hall–Kier alpha value is -1.81. The van der Waals surface area contributed by atoms with E-state index in [0.717, 1.165) is 42.6 Å². The van der Waals surface area contributed by atoms with Crippen molar-refractivity contribution in [1.29, 1.82) is 0 Å². The molecule has 0 radical (unpaired) electrons. The summed E-state index contributed by atoms with van der Waals surface area (Å²) in [4.78, 5) is 6.65. The highest BCUT2D eigenvalue weighted by molar-refractivity contribution is 5.22. The standard InChI is InChI=1S/C15H20N2O2/c1-4-17(11-15-6-5-12(2)19-15)10-13-9-14(18-3)7-8-16-13/h5-9H,4,10-11H2,1-3H3. The predicted octanol–water partition coefficient (Wildman–Crippen LogP) is 3.01. The van der Waals surface area contributed by atoms with Gasteiger partial charge in [-0.1, -0.05) is 6.92 Å². The minimum absolute atomic E-state index is 0.785. The van der Waals surface area contributed by atoms with Crippen molar-refractivity contribution in [3.05, 3.63) is 47.7 Å². The summed E-state index contributed by atoms with van der Waals surface area (Å²) >= 11 is 0. The van der Waals surface area contributed by atoms with Crippen molar-refractivity contribution in [2.75, 3.05) is 13.7 Å². The first-order valence-corrected chi connectivity index (χ1v) is 6.48. The number of nitrogens with zero attached hydrogens (tertiary/aromatic N) is 2. The highest BCUT2D eigenvalue weighted by Gasteiger charge is 2.09. The maximum absolute atomic E-state index is 5.61. The number of rotatable bonds is 6. The minimum Gasteiger partial charge on any atom is -0.497 e. The second-order valence-corrected chi connectivity index (χ2v) is 4.50. The Bertz CT molecular complexity index is 522. The van der Waals surface area contributed by atoms with Gasteiger partial charge < -0.3 is 9.15 Å². The lowest BCUT2D eigenvalue weighted by Crippen LogP contribution is -2.22. The second-order valence-electron chi connectivity index (χ2n) is 4.50. The Kier molecular flexibility index (Phi) is 4.58. The molecule has 19 heavy (non-hydrogen) atoms. The van der Waals surface area contributed by atoms with Gasteiger partial charge in [0.05, 0.1) is 19.3 Å². The zero-order chi connectivity index (χ0) is 13.7. The SMILES string of the molecule is CCN(Cc1cc(OC)ccn1)Cc1ccc(C)o1. The molecule has 0 aromatic carbocycles. The fourth-order valence-corrected chi connectivity index (χ4v) is 1.97. The molecule has 0 aliphatic rings. The van der Waals surface area contributed by atoms with Gasteiger partial charge in [0.1, 0.15) is 17.3 Å². The summed E-state index contributed by atoms with van der Waals surface area (Å²) in [5.41, 5.74) is 1.00. The molecular weight excluding hydrogens is 240 g/mol. The smallest absolute Gasteiger partial charge is 0.122 e. The highest BCUT2D eigenvalue weighted by Crippen LogP contribution is 2.14. The van der Waals surface area contributed by atoms with Crippen molar-refractivity contribution in [1.82, 2.24) is 9.88 Å². The summed E-state index contributed by atoms with van der Waals surface area (Å²) < 4.78 is 10.8. The van der Waals surface area contributed by atoms with Crippen LogP contribution in [0.2, 0.25) is 0 Å². The molecule has 2 heterocycles. The second kappa shape index (κ2) is 6.38. The maximum atomic E-state index is 5.61. The molecule has 0 atom stereocenters. The lowest BCUT2D eigenvalue weighted by Gasteiger charge is -2.18. The van der Waals surface area contributed by atoms with E-state index in [9.17, 15) is 0 Å². The average molecular weight is 260 g/mol. The third kappa shape index (κ3) is 3.83. The molecule has 2 aromatic rings. The van der Waals surface area contributed by atoms with Gasteiger partial charge >= 0.3 is 0 Å². The van der Waals surface area contributed by atoms with Crippen LogP contribution in [0, 0.1) is 6.92 Å². The number of ether oxygens (including phenoxy) is 1. The Labute approximate surface area is 114 Å². The van der Waals surface area contributed by atoms with Crippen LogP contribution in [0.5, 0.6) is 5.75 Å². The summed E-state index contributed by atoms with van der Waals surface area (Å²) in [6, 6.07) is 7.84. The zero-order valence-electron chi connectivity index (χ0n) is 11.7. The number of methoxy groups -OCH3 is 1. The van der Waals surface area contributed by atoms with Crippen LogP contribution in [0.1, 0.15) is 24.1 Å². The third-order valence-corrected chi connectivity index (χ3v) is 3.03. The molecular formula is C15H20N2O2. The normalized spacial score (nSPS) is 10.9. The van der Waals surface area contributed by atoms with E-state index in [1.165, 1.54) is 0 Å². The average Bonchev–Trinajstić information content (AvgIpc) is 2.83. The van der Waals surface area contributed by atoms with E-state index >= 15 is 0 Å². The van der Waals surface area contributed by atoms with E-state index < -0.39 is 0 Å². The molecule has 0 N–H and O–H groups in total. The third-order valence-electron chi connectivity index (χ3n) is 3.03. The number of hydrogen-bond donors (Lipinski definition) is 0. The van der Waals surface area contributed by atoms with Crippen LogP contribution in [0.25, 0.3) is 0 Å². The molecule has 0 aliphatic heterocycles. The Morgan fingerprint density at radius 3 is 2.74 bits per heavy atom. The van der Waals surface area contributed by atoms with Gasteiger partial charge in [-0.05, 0) is 31.7 Å². The zero-order valence-corrected chi connectivity index (χ0v) is 11.7. The van der Waals surface area contributed by atoms with Crippen LogP contribution in [0.15, 0.2) is 34.9 Å². The molecule has 0 unspecified atom stereocenters. The van der Waals surface area contributed by atoms with Gasteiger partial charge in [-0.3, -0.25) is 9.88 Å². The van der Waals surface area contributed by atoms with Crippen LogP contribution in [-0.2, 0) is 13.1 Å². The number of hydrogen-bond acceptors (Lipinski definition) is 4. The van der Waals surface area contributed by atoms with Crippen molar-refractivity contribution < 1.29 is 9.15 Å². The molecule has 0 amide bonds. The van der Waals surface area contributed by atoms with Crippen LogP contribution >= 0.6 is 0 Å². The van der Waals surface area contributed by atoms with Crippen LogP contribution in [-0.4, -0.2) is 23.5 Å². The number of aryl methyl sites for hydroxylation is 1. The van der Waals surface area contributed by atoms with E-state index in [1.807, 2.05) is 31.2 Å².